The van der Waals surface area contributed by atoms with Gasteiger partial charge >= 0.3 is 0 Å². The fourth-order valence-electron chi connectivity index (χ4n) is 1.15. The largest absolute Gasteiger partial charge is 0.388 e. The van der Waals surface area contributed by atoms with Gasteiger partial charge in [-0.1, -0.05) is 13.3 Å². The van der Waals surface area contributed by atoms with Crippen LogP contribution in [0.1, 0.15) is 30.6 Å². The Morgan fingerprint density at radius 2 is 2.17 bits per heavy atom. The summed E-state index contributed by atoms with van der Waals surface area (Å²) in [6.07, 6.45) is 2.03. The van der Waals surface area contributed by atoms with Crippen LogP contribution in [0.2, 0.25) is 0 Å². The summed E-state index contributed by atoms with van der Waals surface area (Å²) in [6.45, 7) is 3.95. The lowest BCUT2D eigenvalue weighted by molar-refractivity contribution is 0.270. The summed E-state index contributed by atoms with van der Waals surface area (Å²) >= 11 is 0. The highest BCUT2D eigenvalue weighted by atomic mass is 16.3. The Balaban J connectivity index is 2.90. The molecule has 1 rings (SSSR count). The predicted molar refractivity (Wildman–Crippen MR) is 46.7 cm³/mol. The number of rotatable bonds is 3. The number of aryl methyl sites for hydroxylation is 2. The second-order valence-corrected chi connectivity index (χ2v) is 2.83. The summed E-state index contributed by atoms with van der Waals surface area (Å²) in [5, 5.41) is 8.83. The van der Waals surface area contributed by atoms with Crippen LogP contribution in [0.5, 0.6) is 0 Å². The van der Waals surface area contributed by atoms with Gasteiger partial charge in [0.05, 0.1) is 0 Å². The lowest BCUT2D eigenvalue weighted by Crippen LogP contribution is -2.00. The molecule has 0 radical (unpaired) electrons. The van der Waals surface area contributed by atoms with Gasteiger partial charge < -0.3 is 5.11 Å². The van der Waals surface area contributed by atoms with Crippen molar-refractivity contribution in [3.8, 4) is 0 Å². The third-order valence-corrected chi connectivity index (χ3v) is 1.60. The Morgan fingerprint density at radius 3 is 2.75 bits per heavy atom. The van der Waals surface area contributed by atoms with Gasteiger partial charge in [0.15, 0.2) is 5.82 Å². The average molecular weight is 166 g/mol. The molecular formula is C9H14N2O. The molecular weight excluding hydrogens is 152 g/mol. The van der Waals surface area contributed by atoms with Crippen LogP contribution in [-0.2, 0) is 13.0 Å². The topological polar surface area (TPSA) is 46.0 Å². The van der Waals surface area contributed by atoms with Crippen LogP contribution in [0.15, 0.2) is 6.07 Å². The summed E-state index contributed by atoms with van der Waals surface area (Å²) in [5.41, 5.74) is 1.95. The molecule has 0 fully saturated rings. The first-order valence-electron chi connectivity index (χ1n) is 4.20. The van der Waals surface area contributed by atoms with Crippen molar-refractivity contribution in [2.75, 3.05) is 0 Å². The summed E-state index contributed by atoms with van der Waals surface area (Å²) in [7, 11) is 0. The molecule has 0 amide bonds. The van der Waals surface area contributed by atoms with Gasteiger partial charge in [-0.15, -0.1) is 0 Å². The van der Waals surface area contributed by atoms with E-state index < -0.39 is 0 Å². The molecule has 1 heterocycles. The lowest BCUT2D eigenvalue weighted by atomic mass is 10.2. The maximum atomic E-state index is 8.83. The van der Waals surface area contributed by atoms with Crippen LogP contribution in [0.4, 0.5) is 0 Å². The van der Waals surface area contributed by atoms with E-state index in [0.29, 0.717) is 5.82 Å². The van der Waals surface area contributed by atoms with Crippen LogP contribution in [0.3, 0.4) is 0 Å². The van der Waals surface area contributed by atoms with Crippen molar-refractivity contribution < 1.29 is 5.11 Å². The molecule has 0 spiro atoms. The SMILES string of the molecule is CCCc1cc(C)nc(CO)n1. The van der Waals surface area contributed by atoms with Gasteiger partial charge in [-0.3, -0.25) is 0 Å². The van der Waals surface area contributed by atoms with Gasteiger partial charge in [-0.2, -0.15) is 0 Å². The highest BCUT2D eigenvalue weighted by Crippen LogP contribution is 2.03. The van der Waals surface area contributed by atoms with Gasteiger partial charge in [0, 0.05) is 11.4 Å². The maximum Gasteiger partial charge on any atom is 0.154 e. The second-order valence-electron chi connectivity index (χ2n) is 2.83. The average Bonchev–Trinajstić information content (AvgIpc) is 2.04. The van der Waals surface area contributed by atoms with Crippen molar-refractivity contribution in [1.82, 2.24) is 9.97 Å². The van der Waals surface area contributed by atoms with Crippen molar-refractivity contribution in [3.63, 3.8) is 0 Å². The van der Waals surface area contributed by atoms with E-state index in [2.05, 4.69) is 16.9 Å². The Bertz CT molecular complexity index is 261. The van der Waals surface area contributed by atoms with Crippen LogP contribution < -0.4 is 0 Å². The lowest BCUT2D eigenvalue weighted by Gasteiger charge is -2.01. The molecule has 12 heavy (non-hydrogen) atoms. The van der Waals surface area contributed by atoms with Gasteiger partial charge in [0.1, 0.15) is 6.61 Å². The molecule has 0 bridgehead atoms. The normalized spacial score (nSPS) is 10.2. The van der Waals surface area contributed by atoms with E-state index in [1.807, 2.05) is 13.0 Å². The Labute approximate surface area is 72.5 Å². The number of hydrogen-bond acceptors (Lipinski definition) is 3. The molecule has 3 nitrogen and oxygen atoms in total. The number of aliphatic hydroxyl groups excluding tert-OH is 1. The number of aliphatic hydroxyl groups is 1. The quantitative estimate of drug-likeness (QED) is 0.734. The number of aromatic nitrogens is 2. The van der Waals surface area contributed by atoms with E-state index in [1.165, 1.54) is 0 Å². The molecule has 1 aromatic rings. The smallest absolute Gasteiger partial charge is 0.154 e. The van der Waals surface area contributed by atoms with Gasteiger partial charge in [-0.25, -0.2) is 9.97 Å². The van der Waals surface area contributed by atoms with Crippen molar-refractivity contribution in [2.45, 2.75) is 33.3 Å². The second kappa shape index (κ2) is 4.16. The molecule has 1 N–H and O–H groups in total. The first-order chi connectivity index (χ1) is 5.76. The van der Waals surface area contributed by atoms with Gasteiger partial charge in [-0.05, 0) is 19.4 Å². The molecule has 0 aliphatic carbocycles. The first-order valence-corrected chi connectivity index (χ1v) is 4.20. The van der Waals surface area contributed by atoms with Crippen LogP contribution in [0.25, 0.3) is 0 Å². The first kappa shape index (κ1) is 9.13. The highest BCUT2D eigenvalue weighted by Gasteiger charge is 1.99. The molecule has 0 unspecified atom stereocenters. The summed E-state index contributed by atoms with van der Waals surface area (Å²) in [6, 6.07) is 1.96. The molecule has 3 heteroatoms. The van der Waals surface area contributed by atoms with E-state index in [0.717, 1.165) is 24.2 Å². The predicted octanol–water partition coefficient (Wildman–Crippen LogP) is 1.23. The van der Waals surface area contributed by atoms with E-state index in [4.69, 9.17) is 5.11 Å². The monoisotopic (exact) mass is 166 g/mol. The molecule has 0 aliphatic heterocycles. The van der Waals surface area contributed by atoms with E-state index in [1.54, 1.807) is 0 Å². The van der Waals surface area contributed by atoms with E-state index in [-0.39, 0.29) is 6.61 Å². The summed E-state index contributed by atoms with van der Waals surface area (Å²) < 4.78 is 0. The van der Waals surface area contributed by atoms with Crippen LogP contribution in [0, 0.1) is 6.92 Å². The summed E-state index contributed by atoms with van der Waals surface area (Å²) in [4.78, 5) is 8.25. The molecule has 1 aromatic heterocycles. The van der Waals surface area contributed by atoms with Gasteiger partial charge in [0.25, 0.3) is 0 Å². The fourth-order valence-corrected chi connectivity index (χ4v) is 1.15. The summed E-state index contributed by atoms with van der Waals surface area (Å²) in [5.74, 6) is 0.526. The standard InChI is InChI=1S/C9H14N2O/c1-3-4-8-5-7(2)10-9(6-12)11-8/h5,12H,3-4,6H2,1-2H3. The third-order valence-electron chi connectivity index (χ3n) is 1.60. The minimum Gasteiger partial charge on any atom is -0.388 e. The Morgan fingerprint density at radius 1 is 1.42 bits per heavy atom. The minimum atomic E-state index is -0.0710. The van der Waals surface area contributed by atoms with Crippen molar-refractivity contribution >= 4 is 0 Å². The highest BCUT2D eigenvalue weighted by molar-refractivity contribution is 5.09. The van der Waals surface area contributed by atoms with Crippen LogP contribution in [-0.4, -0.2) is 15.1 Å². The van der Waals surface area contributed by atoms with Crippen molar-refractivity contribution in [3.05, 3.63) is 23.3 Å². The van der Waals surface area contributed by atoms with E-state index >= 15 is 0 Å². The minimum absolute atomic E-state index is 0.0710. The van der Waals surface area contributed by atoms with E-state index in [9.17, 15) is 0 Å². The van der Waals surface area contributed by atoms with Crippen molar-refractivity contribution in [1.29, 1.82) is 0 Å². The molecule has 0 aliphatic rings. The zero-order chi connectivity index (χ0) is 8.97. The molecule has 0 saturated heterocycles. The Kier molecular flexibility index (Phi) is 3.17. The maximum absolute atomic E-state index is 8.83. The number of nitrogens with zero attached hydrogens (tertiary/aromatic N) is 2. The third kappa shape index (κ3) is 2.27. The fraction of sp³-hybridized carbons (Fsp3) is 0.556. The molecule has 0 aromatic carbocycles. The molecule has 66 valence electrons. The number of hydrogen-bond donors (Lipinski definition) is 1. The zero-order valence-electron chi connectivity index (χ0n) is 7.54. The Hall–Kier alpha value is -0.960. The van der Waals surface area contributed by atoms with Crippen LogP contribution >= 0.6 is 0 Å². The zero-order valence-corrected chi connectivity index (χ0v) is 7.54. The molecule has 0 atom stereocenters. The van der Waals surface area contributed by atoms with Gasteiger partial charge in [0.2, 0.25) is 0 Å². The van der Waals surface area contributed by atoms with Crippen molar-refractivity contribution in [2.24, 2.45) is 0 Å². The molecule has 0 saturated carbocycles.